The Labute approximate surface area is 140 Å². The molecule has 0 aliphatic rings. The maximum absolute atomic E-state index is 14.1. The Morgan fingerprint density at radius 3 is 2.67 bits per heavy atom. The van der Waals surface area contributed by atoms with Gasteiger partial charge in [0.05, 0.1) is 11.2 Å². The lowest BCUT2D eigenvalue weighted by atomic mass is 9.99. The van der Waals surface area contributed by atoms with Gasteiger partial charge in [0.2, 0.25) is 5.95 Å². The Balaban J connectivity index is 2.04. The zero-order chi connectivity index (χ0) is 16.5. The summed E-state index contributed by atoms with van der Waals surface area (Å²) in [7, 11) is 0. The van der Waals surface area contributed by atoms with Crippen molar-refractivity contribution in [2.45, 2.75) is 26.2 Å². The van der Waals surface area contributed by atoms with Crippen LogP contribution in [0.5, 0.6) is 0 Å². The largest absolute Gasteiger partial charge is 0.353 e. The number of benzene rings is 2. The van der Waals surface area contributed by atoms with E-state index >= 15 is 0 Å². The van der Waals surface area contributed by atoms with Crippen molar-refractivity contribution < 1.29 is 4.39 Å². The second-order valence-electron chi connectivity index (χ2n) is 6.14. The summed E-state index contributed by atoms with van der Waals surface area (Å²) in [4.78, 5) is 7.60. The zero-order valence-corrected chi connectivity index (χ0v) is 13.6. The number of unbranched alkanes of at least 4 members (excludes halogenated alkanes) is 1. The first-order chi connectivity index (χ1) is 11.8. The number of nitrogens with one attached hydrogen (secondary N) is 1. The van der Waals surface area contributed by atoms with Crippen molar-refractivity contribution in [2.24, 2.45) is 0 Å². The summed E-state index contributed by atoms with van der Waals surface area (Å²) in [6.07, 6.45) is 2.86. The van der Waals surface area contributed by atoms with Crippen LogP contribution < -0.4 is 0 Å². The van der Waals surface area contributed by atoms with Crippen molar-refractivity contribution in [2.75, 3.05) is 0 Å². The lowest BCUT2D eigenvalue weighted by Gasteiger charge is -2.05. The average molecular weight is 318 g/mol. The van der Waals surface area contributed by atoms with Gasteiger partial charge >= 0.3 is 0 Å². The van der Waals surface area contributed by atoms with Crippen molar-refractivity contribution in [3.63, 3.8) is 0 Å². The number of aryl methyl sites for hydroxylation is 1. The molecule has 24 heavy (non-hydrogen) atoms. The van der Waals surface area contributed by atoms with Gasteiger partial charge in [0.25, 0.3) is 0 Å². The quantitative estimate of drug-likeness (QED) is 0.469. The van der Waals surface area contributed by atoms with Crippen molar-refractivity contribution >= 4 is 21.8 Å². The summed E-state index contributed by atoms with van der Waals surface area (Å²) in [5, 5.41) is 1.99. The van der Waals surface area contributed by atoms with E-state index in [9.17, 15) is 4.39 Å². The molecule has 0 fully saturated rings. The monoisotopic (exact) mass is 318 g/mol. The molecule has 2 heterocycles. The Morgan fingerprint density at radius 2 is 1.88 bits per heavy atom. The number of aromatic nitrogens is 2. The number of fused-ring (bicyclic) bond motifs is 3. The highest BCUT2D eigenvalue weighted by Gasteiger charge is 2.15. The van der Waals surface area contributed by atoms with Crippen LogP contribution >= 0.6 is 0 Å². The number of pyridine rings is 1. The summed E-state index contributed by atoms with van der Waals surface area (Å²) in [5.41, 5.74) is 5.06. The molecule has 2 nitrogen and oxygen atoms in total. The van der Waals surface area contributed by atoms with Crippen LogP contribution in [0, 0.1) is 5.95 Å². The molecule has 0 atom stereocenters. The van der Waals surface area contributed by atoms with E-state index in [1.165, 1.54) is 0 Å². The van der Waals surface area contributed by atoms with Crippen LogP contribution in [0.4, 0.5) is 4.39 Å². The summed E-state index contributed by atoms with van der Waals surface area (Å²) >= 11 is 0. The molecule has 0 spiro atoms. The molecule has 0 bridgehead atoms. The van der Waals surface area contributed by atoms with E-state index in [0.717, 1.165) is 57.9 Å². The molecule has 1 N–H and O–H groups in total. The highest BCUT2D eigenvalue weighted by Crippen LogP contribution is 2.35. The number of rotatable bonds is 4. The van der Waals surface area contributed by atoms with E-state index in [2.05, 4.69) is 35.1 Å². The summed E-state index contributed by atoms with van der Waals surface area (Å²) in [6.45, 7) is 2.13. The van der Waals surface area contributed by atoms with E-state index in [1.54, 1.807) is 6.07 Å². The van der Waals surface area contributed by atoms with Crippen LogP contribution in [0.1, 0.15) is 25.5 Å². The predicted octanol–water partition coefficient (Wildman–Crippen LogP) is 5.86. The molecule has 0 amide bonds. The minimum atomic E-state index is -0.405. The molecular formula is C21H19FN2. The van der Waals surface area contributed by atoms with Crippen molar-refractivity contribution in [1.82, 2.24) is 9.97 Å². The highest BCUT2D eigenvalue weighted by molar-refractivity contribution is 6.14. The fourth-order valence-corrected chi connectivity index (χ4v) is 3.37. The molecule has 4 rings (SSSR count). The molecule has 120 valence electrons. The third-order valence-electron chi connectivity index (χ3n) is 4.51. The third-order valence-corrected chi connectivity index (χ3v) is 4.51. The molecule has 0 saturated heterocycles. The van der Waals surface area contributed by atoms with Gasteiger partial charge in [0, 0.05) is 22.4 Å². The van der Waals surface area contributed by atoms with Gasteiger partial charge in [0.15, 0.2) is 0 Å². The van der Waals surface area contributed by atoms with Gasteiger partial charge in [-0.1, -0.05) is 55.8 Å². The van der Waals surface area contributed by atoms with Crippen molar-refractivity contribution in [3.8, 4) is 11.1 Å². The SMILES string of the molecule is CCCCc1nc(F)cc2c1[nH]c1cccc(-c3ccccc3)c12. The Morgan fingerprint density at radius 1 is 1.04 bits per heavy atom. The summed E-state index contributed by atoms with van der Waals surface area (Å²) in [6, 6.07) is 18.0. The first kappa shape index (κ1) is 14.9. The number of nitrogens with zero attached hydrogens (tertiary/aromatic N) is 1. The number of aromatic amines is 1. The van der Waals surface area contributed by atoms with Gasteiger partial charge < -0.3 is 4.98 Å². The second-order valence-corrected chi connectivity index (χ2v) is 6.14. The van der Waals surface area contributed by atoms with E-state index in [-0.39, 0.29) is 0 Å². The Kier molecular flexibility index (Phi) is 3.77. The zero-order valence-electron chi connectivity index (χ0n) is 13.6. The molecule has 3 heteroatoms. The van der Waals surface area contributed by atoms with E-state index in [4.69, 9.17) is 0 Å². The molecule has 0 unspecified atom stereocenters. The third kappa shape index (κ3) is 2.46. The fraction of sp³-hybridized carbons (Fsp3) is 0.190. The lowest BCUT2D eigenvalue weighted by Crippen LogP contribution is -1.95. The maximum atomic E-state index is 14.1. The van der Waals surface area contributed by atoms with Crippen LogP contribution in [0.15, 0.2) is 54.6 Å². The smallest absolute Gasteiger partial charge is 0.213 e. The van der Waals surface area contributed by atoms with Crippen LogP contribution in [0.3, 0.4) is 0 Å². The van der Waals surface area contributed by atoms with Crippen LogP contribution in [0.2, 0.25) is 0 Å². The second kappa shape index (κ2) is 6.08. The van der Waals surface area contributed by atoms with Gasteiger partial charge in [-0.25, -0.2) is 4.98 Å². The summed E-state index contributed by atoms with van der Waals surface area (Å²) < 4.78 is 14.1. The number of hydrogen-bond acceptors (Lipinski definition) is 1. The first-order valence-corrected chi connectivity index (χ1v) is 8.43. The van der Waals surface area contributed by atoms with Gasteiger partial charge in [-0.15, -0.1) is 0 Å². The molecule has 0 aliphatic heterocycles. The predicted molar refractivity (Wildman–Crippen MR) is 97.6 cm³/mol. The minimum absolute atomic E-state index is 0.405. The molecular weight excluding hydrogens is 299 g/mol. The Hall–Kier alpha value is -2.68. The maximum Gasteiger partial charge on any atom is 0.213 e. The standard InChI is InChI=1S/C21H19FN2/c1-2-3-11-18-21-16(13-19(22)23-18)20-15(10-7-12-17(20)24-21)14-8-5-4-6-9-14/h4-10,12-13,24H,2-3,11H2,1H3. The number of halogens is 1. The summed E-state index contributed by atoms with van der Waals surface area (Å²) in [5.74, 6) is -0.405. The van der Waals surface area contributed by atoms with Gasteiger partial charge in [-0.3, -0.25) is 0 Å². The highest BCUT2D eigenvalue weighted by atomic mass is 19.1. The normalized spacial score (nSPS) is 11.4. The topological polar surface area (TPSA) is 28.7 Å². The minimum Gasteiger partial charge on any atom is -0.353 e. The lowest BCUT2D eigenvalue weighted by molar-refractivity contribution is 0.577. The van der Waals surface area contributed by atoms with E-state index in [0.29, 0.717) is 0 Å². The molecule has 2 aromatic heterocycles. The van der Waals surface area contributed by atoms with Crippen molar-refractivity contribution in [1.29, 1.82) is 0 Å². The number of hydrogen-bond donors (Lipinski definition) is 1. The molecule has 2 aromatic carbocycles. The van der Waals surface area contributed by atoms with Crippen molar-refractivity contribution in [3.05, 3.63) is 66.2 Å². The van der Waals surface area contributed by atoms with E-state index < -0.39 is 5.95 Å². The molecule has 0 saturated carbocycles. The van der Waals surface area contributed by atoms with Crippen LogP contribution in [0.25, 0.3) is 32.9 Å². The first-order valence-electron chi connectivity index (χ1n) is 8.43. The van der Waals surface area contributed by atoms with Gasteiger partial charge in [0.1, 0.15) is 0 Å². The average Bonchev–Trinajstić information content (AvgIpc) is 2.99. The van der Waals surface area contributed by atoms with E-state index in [1.807, 2.05) is 30.3 Å². The Bertz CT molecular complexity index is 1000. The van der Waals surface area contributed by atoms with Crippen LogP contribution in [-0.2, 0) is 6.42 Å². The van der Waals surface area contributed by atoms with Gasteiger partial charge in [-0.05, 0) is 30.0 Å². The molecule has 4 aromatic rings. The van der Waals surface area contributed by atoms with Crippen LogP contribution in [-0.4, -0.2) is 9.97 Å². The number of H-pyrrole nitrogens is 1. The molecule has 0 radical (unpaired) electrons. The molecule has 0 aliphatic carbocycles. The fourth-order valence-electron chi connectivity index (χ4n) is 3.37. The van der Waals surface area contributed by atoms with Gasteiger partial charge in [-0.2, -0.15) is 4.39 Å².